The van der Waals surface area contributed by atoms with Crippen molar-refractivity contribution in [1.82, 2.24) is 10.3 Å². The van der Waals surface area contributed by atoms with E-state index in [2.05, 4.69) is 16.4 Å². The minimum Gasteiger partial charge on any atom is -0.487 e. The van der Waals surface area contributed by atoms with E-state index >= 15 is 0 Å². The molecule has 2 aromatic rings. The summed E-state index contributed by atoms with van der Waals surface area (Å²) >= 11 is 0. The van der Waals surface area contributed by atoms with E-state index < -0.39 is 13.0 Å². The fourth-order valence-corrected chi connectivity index (χ4v) is 3.26. The third kappa shape index (κ3) is 4.05. The van der Waals surface area contributed by atoms with Crippen molar-refractivity contribution in [2.24, 2.45) is 0 Å². The second kappa shape index (κ2) is 7.94. The number of piperidine rings is 1. The van der Waals surface area contributed by atoms with Crippen molar-refractivity contribution >= 4 is 10.9 Å². The molecular weight excluding hydrogens is 314 g/mol. The lowest BCUT2D eigenvalue weighted by Crippen LogP contribution is -2.27. The number of aromatic nitrogens is 1. The molecule has 0 amide bonds. The maximum absolute atomic E-state index is 12.6. The Kier molecular flexibility index (Phi) is 5.68. The van der Waals surface area contributed by atoms with Crippen molar-refractivity contribution in [3.05, 3.63) is 29.5 Å². The van der Waals surface area contributed by atoms with E-state index in [1.807, 2.05) is 19.1 Å². The van der Waals surface area contributed by atoms with Gasteiger partial charge in [-0.15, -0.1) is 0 Å². The molecular formula is C18H24F2N2O2. The molecule has 0 atom stereocenters. The first-order chi connectivity index (χ1) is 11.7. The van der Waals surface area contributed by atoms with Crippen molar-refractivity contribution in [2.45, 2.75) is 38.7 Å². The summed E-state index contributed by atoms with van der Waals surface area (Å²) in [7, 11) is 0. The summed E-state index contributed by atoms with van der Waals surface area (Å²) in [4.78, 5) is 3.36. The highest BCUT2D eigenvalue weighted by atomic mass is 19.3. The van der Waals surface area contributed by atoms with Crippen molar-refractivity contribution < 1.29 is 18.3 Å². The Morgan fingerprint density at radius 2 is 2.00 bits per heavy atom. The molecule has 1 aromatic carbocycles. The molecule has 1 saturated heterocycles. The van der Waals surface area contributed by atoms with Gasteiger partial charge in [0.25, 0.3) is 6.43 Å². The van der Waals surface area contributed by atoms with Gasteiger partial charge in [-0.1, -0.05) is 0 Å². The van der Waals surface area contributed by atoms with Gasteiger partial charge < -0.3 is 19.8 Å². The number of rotatable bonds is 7. The van der Waals surface area contributed by atoms with E-state index in [9.17, 15) is 8.78 Å². The van der Waals surface area contributed by atoms with Crippen LogP contribution in [0, 0.1) is 0 Å². The zero-order valence-corrected chi connectivity index (χ0v) is 13.9. The SMILES string of the molecule is CCOCc1cc2cc(OCC(F)F)c(C3CCNCC3)cc2[nH]1. The zero-order chi connectivity index (χ0) is 16.9. The summed E-state index contributed by atoms with van der Waals surface area (Å²) in [5.74, 6) is 0.915. The largest absolute Gasteiger partial charge is 0.487 e. The zero-order valence-electron chi connectivity index (χ0n) is 13.9. The van der Waals surface area contributed by atoms with Crippen molar-refractivity contribution in [3.8, 4) is 5.75 Å². The Morgan fingerprint density at radius 3 is 2.71 bits per heavy atom. The van der Waals surface area contributed by atoms with E-state index in [0.717, 1.165) is 48.1 Å². The molecule has 0 spiro atoms. The van der Waals surface area contributed by atoms with Crippen molar-refractivity contribution in [2.75, 3.05) is 26.3 Å². The van der Waals surface area contributed by atoms with Crippen LogP contribution in [0.15, 0.2) is 18.2 Å². The third-order valence-electron chi connectivity index (χ3n) is 4.41. The Labute approximate surface area is 140 Å². The molecule has 0 radical (unpaired) electrons. The minimum absolute atomic E-state index is 0.335. The fraction of sp³-hybridized carbons (Fsp3) is 0.556. The lowest BCUT2D eigenvalue weighted by atomic mass is 9.89. The van der Waals surface area contributed by atoms with E-state index in [4.69, 9.17) is 9.47 Å². The van der Waals surface area contributed by atoms with Gasteiger partial charge in [-0.05, 0) is 62.5 Å². The quantitative estimate of drug-likeness (QED) is 0.807. The first kappa shape index (κ1) is 17.2. The molecule has 0 unspecified atom stereocenters. The van der Waals surface area contributed by atoms with Crippen LogP contribution in [0.4, 0.5) is 8.78 Å². The summed E-state index contributed by atoms with van der Waals surface area (Å²) in [6, 6.07) is 5.93. The summed E-state index contributed by atoms with van der Waals surface area (Å²) in [5.41, 5.74) is 3.01. The number of aromatic amines is 1. The lowest BCUT2D eigenvalue weighted by molar-refractivity contribution is 0.0812. The van der Waals surface area contributed by atoms with Crippen LogP contribution in [0.3, 0.4) is 0 Å². The van der Waals surface area contributed by atoms with E-state index in [1.54, 1.807) is 0 Å². The number of hydrogen-bond acceptors (Lipinski definition) is 3. The van der Waals surface area contributed by atoms with Crippen LogP contribution >= 0.6 is 0 Å². The van der Waals surface area contributed by atoms with Crippen LogP contribution in [0.25, 0.3) is 10.9 Å². The average molecular weight is 338 g/mol. The molecule has 0 bridgehead atoms. The molecule has 1 fully saturated rings. The first-order valence-corrected chi connectivity index (χ1v) is 8.52. The Hall–Kier alpha value is -1.66. The van der Waals surface area contributed by atoms with Crippen molar-refractivity contribution in [3.63, 3.8) is 0 Å². The first-order valence-electron chi connectivity index (χ1n) is 8.52. The molecule has 1 aliphatic heterocycles. The van der Waals surface area contributed by atoms with Gasteiger partial charge in [0.05, 0.1) is 6.61 Å². The summed E-state index contributed by atoms with van der Waals surface area (Å²) in [6.45, 7) is 4.43. The molecule has 0 saturated carbocycles. The van der Waals surface area contributed by atoms with E-state index in [0.29, 0.717) is 24.9 Å². The highest BCUT2D eigenvalue weighted by Gasteiger charge is 2.21. The predicted octanol–water partition coefficient (Wildman–Crippen LogP) is 3.82. The summed E-state index contributed by atoms with van der Waals surface area (Å²) < 4.78 is 36.1. The molecule has 2 heterocycles. The van der Waals surface area contributed by atoms with Crippen LogP contribution in [0.5, 0.6) is 5.75 Å². The fourth-order valence-electron chi connectivity index (χ4n) is 3.26. The molecule has 1 aromatic heterocycles. The number of H-pyrrole nitrogens is 1. The third-order valence-corrected chi connectivity index (χ3v) is 4.41. The number of hydrogen-bond donors (Lipinski definition) is 2. The van der Waals surface area contributed by atoms with Gasteiger partial charge in [-0.3, -0.25) is 0 Å². The number of fused-ring (bicyclic) bond motifs is 1. The summed E-state index contributed by atoms with van der Waals surface area (Å²) in [6.07, 6.45) is -0.493. The normalized spacial score (nSPS) is 16.2. The molecule has 24 heavy (non-hydrogen) atoms. The molecule has 3 rings (SSSR count). The number of halogens is 2. The van der Waals surface area contributed by atoms with Gasteiger partial charge in [0.2, 0.25) is 0 Å². The number of ether oxygens (including phenoxy) is 2. The van der Waals surface area contributed by atoms with Gasteiger partial charge in [-0.25, -0.2) is 8.78 Å². The van der Waals surface area contributed by atoms with E-state index in [1.165, 1.54) is 0 Å². The van der Waals surface area contributed by atoms with Gasteiger partial charge in [0.15, 0.2) is 0 Å². The Balaban J connectivity index is 1.92. The smallest absolute Gasteiger partial charge is 0.272 e. The van der Waals surface area contributed by atoms with E-state index in [-0.39, 0.29) is 0 Å². The second-order valence-electron chi connectivity index (χ2n) is 6.14. The highest BCUT2D eigenvalue weighted by Crippen LogP contribution is 2.36. The van der Waals surface area contributed by atoms with Crippen LogP contribution in [-0.4, -0.2) is 37.7 Å². The lowest BCUT2D eigenvalue weighted by Gasteiger charge is -2.25. The molecule has 0 aliphatic carbocycles. The van der Waals surface area contributed by atoms with Gasteiger partial charge >= 0.3 is 0 Å². The van der Waals surface area contributed by atoms with Crippen LogP contribution in [0.1, 0.15) is 36.9 Å². The Bertz CT molecular complexity index is 666. The van der Waals surface area contributed by atoms with Gasteiger partial charge in [0.1, 0.15) is 12.4 Å². The maximum Gasteiger partial charge on any atom is 0.272 e. The van der Waals surface area contributed by atoms with Gasteiger partial charge in [-0.2, -0.15) is 0 Å². The number of alkyl halides is 2. The predicted molar refractivity (Wildman–Crippen MR) is 90.0 cm³/mol. The minimum atomic E-state index is -2.47. The van der Waals surface area contributed by atoms with Crippen LogP contribution in [-0.2, 0) is 11.3 Å². The average Bonchev–Trinajstić information content (AvgIpc) is 2.99. The maximum atomic E-state index is 12.6. The molecule has 132 valence electrons. The topological polar surface area (TPSA) is 46.3 Å². The summed E-state index contributed by atoms with van der Waals surface area (Å²) in [5, 5.41) is 4.30. The standard InChI is InChI=1S/C18H24F2N2O2/c1-2-23-10-14-7-13-8-17(24-11-18(19)20)15(9-16(13)22-14)12-3-5-21-6-4-12/h7-9,12,18,21-22H,2-6,10-11H2,1H3. The number of benzene rings is 1. The highest BCUT2D eigenvalue weighted by molar-refractivity contribution is 5.83. The van der Waals surface area contributed by atoms with Crippen LogP contribution in [0.2, 0.25) is 0 Å². The molecule has 2 N–H and O–H groups in total. The molecule has 1 aliphatic rings. The second-order valence-corrected chi connectivity index (χ2v) is 6.14. The number of nitrogens with one attached hydrogen (secondary N) is 2. The van der Waals surface area contributed by atoms with Crippen LogP contribution < -0.4 is 10.1 Å². The Morgan fingerprint density at radius 1 is 1.21 bits per heavy atom. The van der Waals surface area contributed by atoms with Gasteiger partial charge in [0, 0.05) is 23.2 Å². The molecule has 4 nitrogen and oxygen atoms in total. The van der Waals surface area contributed by atoms with Crippen molar-refractivity contribution in [1.29, 1.82) is 0 Å². The molecule has 6 heteroatoms. The monoisotopic (exact) mass is 338 g/mol.